The lowest BCUT2D eigenvalue weighted by atomic mass is 9.90. The van der Waals surface area contributed by atoms with Gasteiger partial charge < -0.3 is 15.4 Å². The summed E-state index contributed by atoms with van der Waals surface area (Å²) in [5.41, 5.74) is 1.10. The quantitative estimate of drug-likeness (QED) is 0.824. The first kappa shape index (κ1) is 17.8. The standard InChI is InChI=1S/C18H23ClN4O2/c1-12(25-15-5-3-14(19)4-6-15)7-21-18(24)17-10-20-9-16(17)13-8-22-23(2)11-13/h3-6,8,11-12,16-17,20H,7,9-10H2,1-2H3,(H,21,24)/t12?,16-,17+/m1/s1. The second-order valence-electron chi connectivity index (χ2n) is 6.45. The van der Waals surface area contributed by atoms with Gasteiger partial charge in [0.1, 0.15) is 11.9 Å². The summed E-state index contributed by atoms with van der Waals surface area (Å²) in [5, 5.41) is 11.2. The number of nitrogens with one attached hydrogen (secondary N) is 2. The van der Waals surface area contributed by atoms with Gasteiger partial charge in [-0.25, -0.2) is 0 Å². The molecular formula is C18H23ClN4O2. The Bertz CT molecular complexity index is 716. The van der Waals surface area contributed by atoms with E-state index in [0.717, 1.165) is 17.9 Å². The van der Waals surface area contributed by atoms with Gasteiger partial charge in [0.05, 0.1) is 18.7 Å². The van der Waals surface area contributed by atoms with Gasteiger partial charge >= 0.3 is 0 Å². The fourth-order valence-corrected chi connectivity index (χ4v) is 3.22. The molecule has 7 heteroatoms. The van der Waals surface area contributed by atoms with E-state index in [-0.39, 0.29) is 23.8 Å². The zero-order chi connectivity index (χ0) is 17.8. The molecular weight excluding hydrogens is 340 g/mol. The molecule has 1 amide bonds. The van der Waals surface area contributed by atoms with Crippen LogP contribution in [0.2, 0.25) is 5.02 Å². The molecule has 1 aliphatic rings. The Labute approximate surface area is 152 Å². The third kappa shape index (κ3) is 4.52. The molecule has 1 unspecified atom stereocenters. The lowest BCUT2D eigenvalue weighted by molar-refractivity contribution is -0.125. The van der Waals surface area contributed by atoms with Gasteiger partial charge in [0, 0.05) is 37.3 Å². The molecule has 25 heavy (non-hydrogen) atoms. The molecule has 3 atom stereocenters. The van der Waals surface area contributed by atoms with Crippen molar-refractivity contribution in [3.8, 4) is 5.75 Å². The summed E-state index contributed by atoms with van der Waals surface area (Å²) in [6.45, 7) is 3.86. The summed E-state index contributed by atoms with van der Waals surface area (Å²) in [7, 11) is 1.89. The number of aromatic nitrogens is 2. The SMILES string of the molecule is CC(CNC(=O)[C@H]1CNC[C@@H]1c1cnn(C)c1)Oc1ccc(Cl)cc1. The van der Waals surface area contributed by atoms with Gasteiger partial charge in [0.2, 0.25) is 5.91 Å². The Kier molecular flexibility index (Phi) is 5.60. The number of carbonyl (C=O) groups excluding carboxylic acids is 1. The molecule has 1 saturated heterocycles. The van der Waals surface area contributed by atoms with E-state index in [9.17, 15) is 4.79 Å². The Hall–Kier alpha value is -2.05. The zero-order valence-electron chi connectivity index (χ0n) is 14.4. The molecule has 1 aromatic heterocycles. The zero-order valence-corrected chi connectivity index (χ0v) is 15.2. The van der Waals surface area contributed by atoms with E-state index in [1.54, 1.807) is 16.8 Å². The molecule has 2 heterocycles. The third-order valence-corrected chi connectivity index (χ3v) is 4.67. The first-order chi connectivity index (χ1) is 12.0. The average Bonchev–Trinajstić information content (AvgIpc) is 3.23. The lowest BCUT2D eigenvalue weighted by Gasteiger charge is -2.20. The summed E-state index contributed by atoms with van der Waals surface area (Å²) in [6.07, 6.45) is 3.69. The fraction of sp³-hybridized carbons (Fsp3) is 0.444. The van der Waals surface area contributed by atoms with E-state index in [1.807, 2.05) is 38.5 Å². The molecule has 0 spiro atoms. The van der Waals surface area contributed by atoms with E-state index in [4.69, 9.17) is 16.3 Å². The second-order valence-corrected chi connectivity index (χ2v) is 6.88. The van der Waals surface area contributed by atoms with E-state index >= 15 is 0 Å². The van der Waals surface area contributed by atoms with E-state index in [0.29, 0.717) is 18.1 Å². The summed E-state index contributed by atoms with van der Waals surface area (Å²) < 4.78 is 7.56. The van der Waals surface area contributed by atoms with Gasteiger partial charge in [0.15, 0.2) is 0 Å². The second kappa shape index (κ2) is 7.89. The molecule has 134 valence electrons. The molecule has 2 N–H and O–H groups in total. The Morgan fingerprint density at radius 1 is 1.44 bits per heavy atom. The topological polar surface area (TPSA) is 68.2 Å². The van der Waals surface area contributed by atoms with Gasteiger partial charge in [-0.15, -0.1) is 0 Å². The van der Waals surface area contributed by atoms with Crippen LogP contribution in [0.4, 0.5) is 0 Å². The summed E-state index contributed by atoms with van der Waals surface area (Å²) >= 11 is 5.86. The van der Waals surface area contributed by atoms with E-state index in [1.165, 1.54) is 0 Å². The number of carbonyl (C=O) groups is 1. The normalized spacial score (nSPS) is 21.1. The van der Waals surface area contributed by atoms with E-state index < -0.39 is 0 Å². The highest BCUT2D eigenvalue weighted by Gasteiger charge is 2.34. The van der Waals surface area contributed by atoms with Crippen LogP contribution in [0.1, 0.15) is 18.4 Å². The maximum atomic E-state index is 12.6. The molecule has 2 aromatic rings. The minimum atomic E-state index is -0.128. The van der Waals surface area contributed by atoms with Gasteiger partial charge in [-0.2, -0.15) is 5.10 Å². The number of aryl methyl sites for hydroxylation is 1. The van der Waals surface area contributed by atoms with Crippen molar-refractivity contribution in [1.29, 1.82) is 0 Å². The number of ether oxygens (including phenoxy) is 1. The lowest BCUT2D eigenvalue weighted by Crippen LogP contribution is -2.39. The monoisotopic (exact) mass is 362 g/mol. The first-order valence-electron chi connectivity index (χ1n) is 8.42. The Morgan fingerprint density at radius 2 is 2.20 bits per heavy atom. The van der Waals surface area contributed by atoms with Crippen LogP contribution in [0.3, 0.4) is 0 Å². The third-order valence-electron chi connectivity index (χ3n) is 4.42. The maximum absolute atomic E-state index is 12.6. The summed E-state index contributed by atoms with van der Waals surface area (Å²) in [5.74, 6) is 0.848. The molecule has 0 saturated carbocycles. The first-order valence-corrected chi connectivity index (χ1v) is 8.80. The van der Waals surface area contributed by atoms with Crippen molar-refractivity contribution in [3.63, 3.8) is 0 Å². The van der Waals surface area contributed by atoms with Crippen LogP contribution in [-0.4, -0.2) is 41.4 Å². The molecule has 0 radical (unpaired) electrons. The number of halogens is 1. The van der Waals surface area contributed by atoms with Crippen LogP contribution in [0.5, 0.6) is 5.75 Å². The van der Waals surface area contributed by atoms with Crippen molar-refractivity contribution in [2.75, 3.05) is 19.6 Å². The predicted octanol–water partition coefficient (Wildman–Crippen LogP) is 1.96. The number of hydrogen-bond donors (Lipinski definition) is 2. The average molecular weight is 363 g/mol. The molecule has 1 aliphatic heterocycles. The van der Waals surface area contributed by atoms with Crippen LogP contribution < -0.4 is 15.4 Å². The highest BCUT2D eigenvalue weighted by Crippen LogP contribution is 2.27. The molecule has 1 aromatic carbocycles. The Morgan fingerprint density at radius 3 is 2.88 bits per heavy atom. The largest absolute Gasteiger partial charge is 0.489 e. The van der Waals surface area contributed by atoms with Crippen LogP contribution >= 0.6 is 11.6 Å². The molecule has 3 rings (SSSR count). The van der Waals surface area contributed by atoms with Crippen LogP contribution in [0, 0.1) is 5.92 Å². The van der Waals surface area contributed by atoms with Crippen molar-refractivity contribution >= 4 is 17.5 Å². The van der Waals surface area contributed by atoms with Gasteiger partial charge in [-0.05, 0) is 36.8 Å². The van der Waals surface area contributed by atoms with Gasteiger partial charge in [-0.3, -0.25) is 9.48 Å². The summed E-state index contributed by atoms with van der Waals surface area (Å²) in [4.78, 5) is 12.6. The molecule has 0 aliphatic carbocycles. The number of amides is 1. The van der Waals surface area contributed by atoms with Crippen LogP contribution in [0.15, 0.2) is 36.7 Å². The van der Waals surface area contributed by atoms with Crippen LogP contribution in [0.25, 0.3) is 0 Å². The summed E-state index contributed by atoms with van der Waals surface area (Å²) in [6, 6.07) is 7.20. The maximum Gasteiger partial charge on any atom is 0.225 e. The van der Waals surface area contributed by atoms with Gasteiger partial charge in [-0.1, -0.05) is 11.6 Å². The van der Waals surface area contributed by atoms with Crippen molar-refractivity contribution in [1.82, 2.24) is 20.4 Å². The minimum absolute atomic E-state index is 0.0467. The smallest absolute Gasteiger partial charge is 0.225 e. The number of benzene rings is 1. The predicted molar refractivity (Wildman–Crippen MR) is 96.9 cm³/mol. The van der Waals surface area contributed by atoms with Crippen LogP contribution in [-0.2, 0) is 11.8 Å². The molecule has 1 fully saturated rings. The van der Waals surface area contributed by atoms with Crippen molar-refractivity contribution < 1.29 is 9.53 Å². The Balaban J connectivity index is 1.52. The van der Waals surface area contributed by atoms with E-state index in [2.05, 4.69) is 15.7 Å². The number of nitrogens with zero attached hydrogens (tertiary/aromatic N) is 2. The number of hydrogen-bond acceptors (Lipinski definition) is 4. The van der Waals surface area contributed by atoms with Gasteiger partial charge in [0.25, 0.3) is 0 Å². The highest BCUT2D eigenvalue weighted by atomic mass is 35.5. The minimum Gasteiger partial charge on any atom is -0.489 e. The van der Waals surface area contributed by atoms with Crippen molar-refractivity contribution in [2.45, 2.75) is 18.9 Å². The molecule has 6 nitrogen and oxygen atoms in total. The highest BCUT2D eigenvalue weighted by molar-refractivity contribution is 6.30. The van der Waals surface area contributed by atoms with Crippen molar-refractivity contribution in [2.24, 2.45) is 13.0 Å². The van der Waals surface area contributed by atoms with Crippen molar-refractivity contribution in [3.05, 3.63) is 47.2 Å². The molecule has 0 bridgehead atoms. The fourth-order valence-electron chi connectivity index (χ4n) is 3.10. The number of rotatable bonds is 6.